The van der Waals surface area contributed by atoms with Crippen LogP contribution in [0.25, 0.3) is 0 Å². The first-order valence-electron chi connectivity index (χ1n) is 6.92. The Hall–Kier alpha value is -1.69. The van der Waals surface area contributed by atoms with Crippen LogP contribution >= 0.6 is 27.5 Å². The number of ketones is 1. The Morgan fingerprint density at radius 3 is 2.74 bits per heavy atom. The van der Waals surface area contributed by atoms with Crippen LogP contribution in [-0.4, -0.2) is 23.8 Å². The second-order valence-corrected chi connectivity index (χ2v) is 6.85. The fraction of sp³-hybridized carbons (Fsp3) is 0.176. The summed E-state index contributed by atoms with van der Waals surface area (Å²) in [5.74, 6) is -0.846. The molecule has 1 aliphatic heterocycles. The number of benzene rings is 2. The van der Waals surface area contributed by atoms with Crippen molar-refractivity contribution in [3.05, 3.63) is 63.1 Å². The molecule has 0 saturated heterocycles. The number of Topliss-reactive ketones (excluding diaryl/α,β-unsaturated/α-hetero) is 1. The zero-order valence-corrected chi connectivity index (χ0v) is 14.6. The minimum Gasteiger partial charge on any atom is -0.375 e. The summed E-state index contributed by atoms with van der Waals surface area (Å²) < 4.78 is 0.758. The van der Waals surface area contributed by atoms with E-state index in [2.05, 4.69) is 15.9 Å². The van der Waals surface area contributed by atoms with E-state index in [4.69, 9.17) is 11.6 Å². The van der Waals surface area contributed by atoms with Gasteiger partial charge in [0.1, 0.15) is 0 Å². The first-order valence-corrected chi connectivity index (χ1v) is 8.09. The molecule has 1 atom stereocenters. The quantitative estimate of drug-likeness (QED) is 0.810. The van der Waals surface area contributed by atoms with Crippen LogP contribution < -0.4 is 4.90 Å². The highest BCUT2D eigenvalue weighted by Gasteiger charge is 2.49. The van der Waals surface area contributed by atoms with Crippen LogP contribution in [0.1, 0.15) is 22.3 Å². The van der Waals surface area contributed by atoms with Crippen LogP contribution in [0, 0.1) is 0 Å². The van der Waals surface area contributed by atoms with Gasteiger partial charge in [0.2, 0.25) is 0 Å². The monoisotopic (exact) mass is 393 g/mol. The number of hydrogen-bond acceptors (Lipinski definition) is 3. The van der Waals surface area contributed by atoms with E-state index in [1.54, 1.807) is 43.4 Å². The fourth-order valence-corrected chi connectivity index (χ4v) is 3.37. The summed E-state index contributed by atoms with van der Waals surface area (Å²) >= 11 is 9.29. The van der Waals surface area contributed by atoms with E-state index in [1.165, 1.54) is 11.0 Å². The van der Waals surface area contributed by atoms with Gasteiger partial charge in [0.05, 0.1) is 12.1 Å². The molecule has 6 heteroatoms. The molecule has 0 saturated carbocycles. The molecule has 0 bridgehead atoms. The molecular formula is C17H13BrClNO3. The van der Waals surface area contributed by atoms with Crippen molar-refractivity contribution in [1.29, 1.82) is 0 Å². The van der Waals surface area contributed by atoms with Crippen molar-refractivity contribution in [1.82, 2.24) is 0 Å². The predicted octanol–water partition coefficient (Wildman–Crippen LogP) is 3.54. The van der Waals surface area contributed by atoms with Crippen molar-refractivity contribution in [3.8, 4) is 0 Å². The van der Waals surface area contributed by atoms with E-state index in [0.717, 1.165) is 4.47 Å². The van der Waals surface area contributed by atoms with Crippen LogP contribution in [0.5, 0.6) is 0 Å². The summed E-state index contributed by atoms with van der Waals surface area (Å²) in [7, 11) is 1.57. The Morgan fingerprint density at radius 1 is 1.30 bits per heavy atom. The minimum absolute atomic E-state index is 0.316. The average molecular weight is 395 g/mol. The highest BCUT2D eigenvalue weighted by atomic mass is 79.9. The largest absolute Gasteiger partial charge is 0.375 e. The summed E-state index contributed by atoms with van der Waals surface area (Å²) in [5, 5.41) is 11.3. The normalized spacial score (nSPS) is 19.8. The lowest BCUT2D eigenvalue weighted by Crippen LogP contribution is -2.40. The van der Waals surface area contributed by atoms with Crippen LogP contribution in [0.4, 0.5) is 5.69 Å². The van der Waals surface area contributed by atoms with E-state index in [1.807, 2.05) is 0 Å². The number of aliphatic hydroxyl groups is 1. The van der Waals surface area contributed by atoms with E-state index in [-0.39, 0.29) is 12.2 Å². The van der Waals surface area contributed by atoms with Crippen molar-refractivity contribution < 1.29 is 14.7 Å². The lowest BCUT2D eigenvalue weighted by atomic mass is 9.88. The second-order valence-electron chi connectivity index (χ2n) is 5.50. The van der Waals surface area contributed by atoms with E-state index in [0.29, 0.717) is 21.8 Å². The Balaban J connectivity index is 2.00. The summed E-state index contributed by atoms with van der Waals surface area (Å²) in [6.45, 7) is 0. The van der Waals surface area contributed by atoms with Gasteiger partial charge in [-0.15, -0.1) is 0 Å². The summed E-state index contributed by atoms with van der Waals surface area (Å²) in [5.41, 5.74) is -0.544. The van der Waals surface area contributed by atoms with Gasteiger partial charge < -0.3 is 10.0 Å². The molecular weight excluding hydrogens is 382 g/mol. The molecule has 23 heavy (non-hydrogen) atoms. The molecule has 0 spiro atoms. The molecule has 0 aliphatic carbocycles. The van der Waals surface area contributed by atoms with Crippen molar-refractivity contribution >= 4 is 44.9 Å². The molecule has 2 aromatic carbocycles. The predicted molar refractivity (Wildman–Crippen MR) is 91.8 cm³/mol. The minimum atomic E-state index is -1.89. The molecule has 1 N–H and O–H groups in total. The van der Waals surface area contributed by atoms with Gasteiger partial charge in [-0.05, 0) is 30.3 Å². The molecule has 4 nitrogen and oxygen atoms in total. The highest BCUT2D eigenvalue weighted by Crippen LogP contribution is 2.43. The number of nitrogens with zero attached hydrogens (tertiary/aromatic N) is 1. The smallest absolute Gasteiger partial charge is 0.263 e. The summed E-state index contributed by atoms with van der Waals surface area (Å²) in [6, 6.07) is 11.7. The van der Waals surface area contributed by atoms with Crippen molar-refractivity contribution in [2.24, 2.45) is 0 Å². The van der Waals surface area contributed by atoms with Crippen LogP contribution in [-0.2, 0) is 10.4 Å². The maximum absolute atomic E-state index is 12.5. The topological polar surface area (TPSA) is 57.6 Å². The standard InChI is InChI=1S/C17H13BrClNO3/c1-20-14-6-5-12(19)8-13(14)17(23,16(20)22)9-15(21)10-3-2-4-11(18)7-10/h2-8,23H,9H2,1H3/t17-/m1/s1. The third-order valence-electron chi connectivity index (χ3n) is 3.99. The maximum Gasteiger partial charge on any atom is 0.263 e. The highest BCUT2D eigenvalue weighted by molar-refractivity contribution is 9.10. The van der Waals surface area contributed by atoms with Gasteiger partial charge in [-0.3, -0.25) is 9.59 Å². The Morgan fingerprint density at radius 2 is 2.04 bits per heavy atom. The zero-order chi connectivity index (χ0) is 16.8. The third kappa shape index (κ3) is 2.69. The van der Waals surface area contributed by atoms with Gasteiger partial charge in [0.15, 0.2) is 11.4 Å². The summed E-state index contributed by atoms with van der Waals surface area (Å²) in [6.07, 6.45) is -0.333. The van der Waals surface area contributed by atoms with E-state index >= 15 is 0 Å². The van der Waals surface area contributed by atoms with Crippen molar-refractivity contribution in [2.75, 3.05) is 11.9 Å². The molecule has 0 radical (unpaired) electrons. The molecule has 118 valence electrons. The van der Waals surface area contributed by atoms with E-state index in [9.17, 15) is 14.7 Å². The number of rotatable bonds is 3. The zero-order valence-electron chi connectivity index (χ0n) is 12.2. The Kier molecular flexibility index (Phi) is 4.04. The lowest BCUT2D eigenvalue weighted by Gasteiger charge is -2.21. The summed E-state index contributed by atoms with van der Waals surface area (Å²) in [4.78, 5) is 26.4. The number of likely N-dealkylation sites (N-methyl/N-ethyl adjacent to an activating group) is 1. The Labute approximate surface area is 146 Å². The number of anilines is 1. The Bertz CT molecular complexity index is 823. The van der Waals surface area contributed by atoms with Crippen LogP contribution in [0.2, 0.25) is 5.02 Å². The van der Waals surface area contributed by atoms with Gasteiger partial charge >= 0.3 is 0 Å². The van der Waals surface area contributed by atoms with Gasteiger partial charge in [0.25, 0.3) is 5.91 Å². The number of carbonyl (C=O) groups is 2. The molecule has 3 rings (SSSR count). The van der Waals surface area contributed by atoms with Crippen molar-refractivity contribution in [3.63, 3.8) is 0 Å². The van der Waals surface area contributed by atoms with Gasteiger partial charge in [-0.1, -0.05) is 39.7 Å². The molecule has 2 aromatic rings. The SMILES string of the molecule is CN1C(=O)[C@@](O)(CC(=O)c2cccc(Br)c2)c2cc(Cl)ccc21. The second kappa shape index (κ2) is 5.74. The average Bonchev–Trinajstić information content (AvgIpc) is 2.69. The molecule has 0 fully saturated rings. The number of carbonyl (C=O) groups excluding carboxylic acids is 2. The number of fused-ring (bicyclic) bond motifs is 1. The molecule has 0 unspecified atom stereocenters. The maximum atomic E-state index is 12.5. The molecule has 1 amide bonds. The first kappa shape index (κ1) is 16.2. The van der Waals surface area contributed by atoms with Gasteiger partial charge in [-0.2, -0.15) is 0 Å². The van der Waals surface area contributed by atoms with Gasteiger partial charge in [-0.25, -0.2) is 0 Å². The number of amides is 1. The number of halogens is 2. The van der Waals surface area contributed by atoms with Crippen molar-refractivity contribution in [2.45, 2.75) is 12.0 Å². The third-order valence-corrected chi connectivity index (χ3v) is 4.72. The molecule has 1 aliphatic rings. The molecule has 1 heterocycles. The van der Waals surface area contributed by atoms with Crippen LogP contribution in [0.3, 0.4) is 0 Å². The lowest BCUT2D eigenvalue weighted by molar-refractivity contribution is -0.135. The van der Waals surface area contributed by atoms with Gasteiger partial charge in [0, 0.05) is 27.7 Å². The molecule has 0 aromatic heterocycles. The first-order chi connectivity index (χ1) is 10.8. The van der Waals surface area contributed by atoms with Crippen LogP contribution in [0.15, 0.2) is 46.9 Å². The number of hydrogen-bond donors (Lipinski definition) is 1. The fourth-order valence-electron chi connectivity index (χ4n) is 2.80. The van der Waals surface area contributed by atoms with E-state index < -0.39 is 11.5 Å².